The molecule has 1 nitrogen and oxygen atoms in total. The fraction of sp³-hybridized carbons (Fsp3) is 1.00. The summed E-state index contributed by atoms with van der Waals surface area (Å²) in [6.45, 7) is 0. The van der Waals surface area contributed by atoms with Crippen molar-refractivity contribution in [3.8, 4) is 0 Å². The first kappa shape index (κ1) is 9.75. The molecule has 5 atom stereocenters. The van der Waals surface area contributed by atoms with Gasteiger partial charge in [-0.1, -0.05) is 0 Å². The van der Waals surface area contributed by atoms with E-state index in [1.807, 2.05) is 0 Å². The van der Waals surface area contributed by atoms with Crippen molar-refractivity contribution in [3.63, 3.8) is 0 Å². The van der Waals surface area contributed by atoms with Crippen LogP contribution in [-0.2, 0) is 0 Å². The number of hydrogen-bond donors (Lipinski definition) is 1. The molecule has 1 N–H and O–H groups in total. The van der Waals surface area contributed by atoms with Crippen LogP contribution in [0.3, 0.4) is 0 Å². The zero-order valence-electron chi connectivity index (χ0n) is 11.2. The number of rotatable bonds is 1. The first-order valence-electron chi connectivity index (χ1n) is 6.97. The second kappa shape index (κ2) is 3.15. The summed E-state index contributed by atoms with van der Waals surface area (Å²) in [5.41, 5.74) is 0. The predicted octanol–water partition coefficient (Wildman–Crippen LogP) is 3.27. The van der Waals surface area contributed by atoms with Crippen LogP contribution in [0.15, 0.2) is 0 Å². The SMILES string of the molecule is [2H]C1(O)[C@@H]2CC3C[C@H]1C[C]([Sn]([CH3])([CH3])[CH3])(C3)C2. The minimum absolute atomic E-state index is 0.301. The summed E-state index contributed by atoms with van der Waals surface area (Å²) in [6.07, 6.45) is 5.01. The van der Waals surface area contributed by atoms with Gasteiger partial charge in [-0.05, 0) is 0 Å². The Kier molecular flexibility index (Phi) is 2.05. The molecule has 3 unspecified atom stereocenters. The molecule has 0 amide bonds. The van der Waals surface area contributed by atoms with Crippen molar-refractivity contribution in [1.82, 2.24) is 0 Å². The maximum absolute atomic E-state index is 10.4. The minimum atomic E-state index is -1.93. The summed E-state index contributed by atoms with van der Waals surface area (Å²) in [4.78, 5) is 7.68. The first-order chi connectivity index (χ1) is 7.25. The monoisotopic (exact) mass is 317 g/mol. The van der Waals surface area contributed by atoms with Gasteiger partial charge in [-0.3, -0.25) is 0 Å². The van der Waals surface area contributed by atoms with Crippen LogP contribution in [0.5, 0.6) is 0 Å². The summed E-state index contributed by atoms with van der Waals surface area (Å²) >= 11 is -1.93. The van der Waals surface area contributed by atoms with Crippen molar-refractivity contribution in [2.24, 2.45) is 17.8 Å². The molecule has 86 valence electrons. The van der Waals surface area contributed by atoms with Gasteiger partial charge in [-0.25, -0.2) is 0 Å². The van der Waals surface area contributed by atoms with Crippen molar-refractivity contribution in [2.75, 3.05) is 0 Å². The van der Waals surface area contributed by atoms with Crippen LogP contribution in [-0.4, -0.2) is 29.6 Å². The van der Waals surface area contributed by atoms with Gasteiger partial charge in [-0.2, -0.15) is 0 Å². The third-order valence-electron chi connectivity index (χ3n) is 5.62. The van der Waals surface area contributed by atoms with Gasteiger partial charge in [0.1, 0.15) is 0 Å². The molecule has 2 heteroatoms. The average Bonchev–Trinajstić information content (AvgIpc) is 2.12. The van der Waals surface area contributed by atoms with Gasteiger partial charge in [0, 0.05) is 0 Å². The van der Waals surface area contributed by atoms with Gasteiger partial charge in [0.15, 0.2) is 0 Å². The van der Waals surface area contributed by atoms with E-state index >= 15 is 0 Å². The average molecular weight is 316 g/mol. The van der Waals surface area contributed by atoms with Crippen molar-refractivity contribution in [3.05, 3.63) is 0 Å². The van der Waals surface area contributed by atoms with E-state index in [4.69, 9.17) is 1.37 Å². The van der Waals surface area contributed by atoms with Crippen molar-refractivity contribution >= 4 is 18.4 Å². The molecule has 15 heavy (non-hydrogen) atoms. The molecule has 0 aromatic carbocycles. The van der Waals surface area contributed by atoms with E-state index in [1.54, 1.807) is 0 Å². The van der Waals surface area contributed by atoms with Gasteiger partial charge in [0.05, 0.1) is 0 Å². The fourth-order valence-electron chi connectivity index (χ4n) is 4.68. The van der Waals surface area contributed by atoms with Gasteiger partial charge in [0.25, 0.3) is 0 Å². The van der Waals surface area contributed by atoms with Gasteiger partial charge < -0.3 is 0 Å². The third-order valence-corrected chi connectivity index (χ3v) is 16.4. The Morgan fingerprint density at radius 3 is 2.13 bits per heavy atom. The summed E-state index contributed by atoms with van der Waals surface area (Å²) in [7, 11) is 0. The second-order valence-corrected chi connectivity index (χ2v) is 23.2. The Hall–Kier alpha value is 0.759. The Balaban J connectivity index is 1.99. The maximum atomic E-state index is 10.4. The standard InChI is InChI=1S/C10H15O.3CH3.Sn/c11-10-8-2-6-1-7(4-8)5-9(10)3-6;;;;/h6,8-11H,1-5H2;3*1H3;/t6?,8-,9+,10?;;;;/i10D;;;;. The molecule has 4 rings (SSSR count). The zero-order valence-corrected chi connectivity index (χ0v) is 13.1. The Labute approximate surface area is 98.9 Å². The van der Waals surface area contributed by atoms with Crippen molar-refractivity contribution < 1.29 is 6.48 Å². The van der Waals surface area contributed by atoms with E-state index in [9.17, 15) is 5.11 Å². The number of aliphatic hydroxyl groups is 1. The van der Waals surface area contributed by atoms with E-state index in [2.05, 4.69) is 14.8 Å². The van der Waals surface area contributed by atoms with E-state index in [0.717, 1.165) is 18.8 Å². The molecule has 0 saturated heterocycles. The molecular formula is C13H24OSn. The van der Waals surface area contributed by atoms with Crippen LogP contribution in [0.2, 0.25) is 18.2 Å². The Morgan fingerprint density at radius 1 is 1.13 bits per heavy atom. The summed E-state index contributed by atoms with van der Waals surface area (Å²) in [5.74, 6) is 1.45. The molecule has 4 fully saturated rings. The van der Waals surface area contributed by atoms with Crippen LogP contribution in [0.4, 0.5) is 0 Å². The van der Waals surface area contributed by atoms with E-state index < -0.39 is 24.5 Å². The van der Waals surface area contributed by atoms with Crippen molar-refractivity contribution in [1.29, 1.82) is 0 Å². The van der Waals surface area contributed by atoms with Crippen molar-refractivity contribution in [2.45, 2.75) is 56.4 Å². The molecule has 4 bridgehead atoms. The van der Waals surface area contributed by atoms with E-state index in [1.165, 1.54) is 19.3 Å². The predicted molar refractivity (Wildman–Crippen MR) is 65.6 cm³/mol. The van der Waals surface area contributed by atoms with Crippen LogP contribution >= 0.6 is 0 Å². The van der Waals surface area contributed by atoms with Crippen LogP contribution < -0.4 is 0 Å². The topological polar surface area (TPSA) is 20.2 Å². The second-order valence-electron chi connectivity index (χ2n) is 7.30. The van der Waals surface area contributed by atoms with Crippen LogP contribution in [0.25, 0.3) is 0 Å². The fourth-order valence-corrected chi connectivity index (χ4v) is 12.2. The molecular weight excluding hydrogens is 291 g/mol. The Bertz CT molecular complexity index is 302. The molecule has 0 heterocycles. The molecule has 4 aliphatic rings. The Morgan fingerprint density at radius 2 is 1.67 bits per heavy atom. The van der Waals surface area contributed by atoms with Gasteiger partial charge in [-0.15, -0.1) is 0 Å². The van der Waals surface area contributed by atoms with Gasteiger partial charge in [0.2, 0.25) is 0 Å². The molecule has 4 aliphatic carbocycles. The zero-order chi connectivity index (χ0) is 11.8. The molecule has 0 aromatic heterocycles. The van der Waals surface area contributed by atoms with E-state index in [0.29, 0.717) is 15.3 Å². The summed E-state index contributed by atoms with van der Waals surface area (Å²) < 4.78 is 8.84. The molecule has 4 saturated carbocycles. The number of hydrogen-bond acceptors (Lipinski definition) is 1. The summed E-state index contributed by atoms with van der Waals surface area (Å²) in [5, 5.41) is 10.4. The third kappa shape index (κ3) is 1.45. The summed E-state index contributed by atoms with van der Waals surface area (Å²) in [6, 6.07) is 0. The molecule has 0 aliphatic heterocycles. The van der Waals surface area contributed by atoms with E-state index in [-0.39, 0.29) is 0 Å². The van der Waals surface area contributed by atoms with Gasteiger partial charge >= 0.3 is 99.0 Å². The van der Waals surface area contributed by atoms with Crippen LogP contribution in [0.1, 0.15) is 33.5 Å². The molecule has 0 aromatic rings. The van der Waals surface area contributed by atoms with Crippen LogP contribution in [0, 0.1) is 17.8 Å². The normalized spacial score (nSPS) is 59.5. The molecule has 0 radical (unpaired) electrons. The first-order valence-corrected chi connectivity index (χ1v) is 16.5. The quantitative estimate of drug-likeness (QED) is 0.736. The molecule has 0 spiro atoms.